The van der Waals surface area contributed by atoms with Gasteiger partial charge in [-0.25, -0.2) is 0 Å². The summed E-state index contributed by atoms with van der Waals surface area (Å²) in [6, 6.07) is 7.79. The average Bonchev–Trinajstić information content (AvgIpc) is 2.39. The van der Waals surface area contributed by atoms with Crippen molar-refractivity contribution < 1.29 is 9.90 Å². The summed E-state index contributed by atoms with van der Waals surface area (Å²) >= 11 is 3.29. The highest BCUT2D eigenvalue weighted by atomic mass is 79.9. The predicted octanol–water partition coefficient (Wildman–Crippen LogP) is 1.06. The molecule has 0 radical (unpaired) electrons. The number of carbonyl (C=O) groups is 1. The number of aromatic nitrogens is 2. The number of benzene rings is 1. The summed E-state index contributed by atoms with van der Waals surface area (Å²) in [7, 11) is 1.42. The highest BCUT2D eigenvalue weighted by Gasteiger charge is 2.15. The molecule has 6 nitrogen and oxygen atoms in total. The predicted molar refractivity (Wildman–Crippen MR) is 72.6 cm³/mol. The van der Waals surface area contributed by atoms with Gasteiger partial charge in [-0.2, -0.15) is 9.78 Å². The molecule has 7 heteroatoms. The largest absolute Gasteiger partial charge is 0.505 e. The molecule has 0 aliphatic carbocycles. The molecule has 0 bridgehead atoms. The van der Waals surface area contributed by atoms with Gasteiger partial charge in [-0.1, -0.05) is 15.9 Å². The molecule has 0 aliphatic heterocycles. The van der Waals surface area contributed by atoms with Crippen LogP contribution in [-0.4, -0.2) is 27.8 Å². The Bertz CT molecular complexity index is 680. The van der Waals surface area contributed by atoms with Crippen molar-refractivity contribution in [3.05, 3.63) is 50.9 Å². The fourth-order valence-corrected chi connectivity index (χ4v) is 1.76. The van der Waals surface area contributed by atoms with Gasteiger partial charge in [0.1, 0.15) is 0 Å². The summed E-state index contributed by atoms with van der Waals surface area (Å²) < 4.78 is 1.91. The summed E-state index contributed by atoms with van der Waals surface area (Å²) in [5.74, 6) is -1.01. The zero-order valence-corrected chi connectivity index (χ0v) is 11.5. The molecule has 0 spiro atoms. The van der Waals surface area contributed by atoms with Gasteiger partial charge in [0.25, 0.3) is 11.5 Å². The Morgan fingerprint density at radius 2 is 2.00 bits per heavy atom. The fourth-order valence-electron chi connectivity index (χ4n) is 1.49. The minimum atomic E-state index is -0.566. The first-order valence-corrected chi connectivity index (χ1v) is 6.13. The van der Waals surface area contributed by atoms with Gasteiger partial charge in [-0.05, 0) is 24.3 Å². The standard InChI is InChI=1S/C12H10BrN3O3/c1-14-12(19)11-9(17)6-10(18)16(15-11)8-4-2-7(13)3-5-8/h2-6,17H,1H3,(H,14,19). The average molecular weight is 324 g/mol. The van der Waals surface area contributed by atoms with Crippen LogP contribution < -0.4 is 10.9 Å². The number of rotatable bonds is 2. The fraction of sp³-hybridized carbons (Fsp3) is 0.0833. The lowest BCUT2D eigenvalue weighted by Crippen LogP contribution is -2.27. The molecule has 0 aliphatic rings. The third-order valence-electron chi connectivity index (χ3n) is 2.42. The van der Waals surface area contributed by atoms with Crippen molar-refractivity contribution in [2.24, 2.45) is 0 Å². The molecule has 98 valence electrons. The first kappa shape index (κ1) is 13.3. The van der Waals surface area contributed by atoms with E-state index in [9.17, 15) is 14.7 Å². The van der Waals surface area contributed by atoms with Crippen molar-refractivity contribution in [1.29, 1.82) is 0 Å². The maximum atomic E-state index is 11.8. The van der Waals surface area contributed by atoms with E-state index in [1.165, 1.54) is 7.05 Å². The van der Waals surface area contributed by atoms with Crippen LogP contribution in [0.5, 0.6) is 5.75 Å². The quantitative estimate of drug-likeness (QED) is 0.865. The van der Waals surface area contributed by atoms with E-state index in [0.29, 0.717) is 5.69 Å². The summed E-state index contributed by atoms with van der Waals surface area (Å²) in [5.41, 5.74) is -0.226. The second-order valence-corrected chi connectivity index (χ2v) is 4.60. The molecule has 1 aromatic carbocycles. The summed E-state index contributed by atoms with van der Waals surface area (Å²) in [6.07, 6.45) is 0. The van der Waals surface area contributed by atoms with Gasteiger partial charge in [0, 0.05) is 17.6 Å². The minimum Gasteiger partial charge on any atom is -0.505 e. The second-order valence-electron chi connectivity index (χ2n) is 3.68. The molecule has 2 aromatic rings. The van der Waals surface area contributed by atoms with E-state index in [0.717, 1.165) is 15.2 Å². The lowest BCUT2D eigenvalue weighted by atomic mass is 10.3. The normalized spacial score (nSPS) is 10.2. The lowest BCUT2D eigenvalue weighted by Gasteiger charge is -2.07. The van der Waals surface area contributed by atoms with E-state index in [2.05, 4.69) is 26.3 Å². The first-order valence-electron chi connectivity index (χ1n) is 5.34. The van der Waals surface area contributed by atoms with Gasteiger partial charge in [0.05, 0.1) is 5.69 Å². The maximum Gasteiger partial charge on any atom is 0.275 e. The van der Waals surface area contributed by atoms with Crippen molar-refractivity contribution >= 4 is 21.8 Å². The van der Waals surface area contributed by atoms with Crippen LogP contribution >= 0.6 is 15.9 Å². The molecule has 0 saturated heterocycles. The SMILES string of the molecule is CNC(=O)c1nn(-c2ccc(Br)cc2)c(=O)cc1O. The molecule has 0 fully saturated rings. The van der Waals surface area contributed by atoms with Gasteiger partial charge in [0.15, 0.2) is 11.4 Å². The van der Waals surface area contributed by atoms with Crippen LogP contribution in [0, 0.1) is 0 Å². The molecule has 0 unspecified atom stereocenters. The summed E-state index contributed by atoms with van der Waals surface area (Å²) in [5, 5.41) is 15.8. The number of hydrogen-bond acceptors (Lipinski definition) is 4. The van der Waals surface area contributed by atoms with Crippen molar-refractivity contribution in [2.45, 2.75) is 0 Å². The topological polar surface area (TPSA) is 84.2 Å². The van der Waals surface area contributed by atoms with Crippen molar-refractivity contribution in [3.8, 4) is 11.4 Å². The number of carbonyl (C=O) groups excluding carboxylic acids is 1. The Balaban J connectivity index is 2.60. The third-order valence-corrected chi connectivity index (χ3v) is 2.95. The number of aromatic hydroxyl groups is 1. The molecular weight excluding hydrogens is 314 g/mol. The zero-order chi connectivity index (χ0) is 14.0. The van der Waals surface area contributed by atoms with Gasteiger partial charge >= 0.3 is 0 Å². The molecular formula is C12H10BrN3O3. The smallest absolute Gasteiger partial charge is 0.275 e. The van der Waals surface area contributed by atoms with E-state index >= 15 is 0 Å². The van der Waals surface area contributed by atoms with Crippen molar-refractivity contribution in [3.63, 3.8) is 0 Å². The Kier molecular flexibility index (Phi) is 3.66. The van der Waals surface area contributed by atoms with Crippen molar-refractivity contribution in [1.82, 2.24) is 15.1 Å². The van der Waals surface area contributed by atoms with E-state index in [1.54, 1.807) is 24.3 Å². The number of nitrogens with zero attached hydrogens (tertiary/aromatic N) is 2. The molecule has 1 amide bonds. The maximum absolute atomic E-state index is 11.8. The summed E-state index contributed by atoms with van der Waals surface area (Å²) in [6.45, 7) is 0. The number of halogens is 1. The Morgan fingerprint density at radius 1 is 1.37 bits per heavy atom. The number of amides is 1. The number of nitrogens with one attached hydrogen (secondary N) is 1. The molecule has 0 atom stereocenters. The minimum absolute atomic E-state index is 0.204. The van der Waals surface area contributed by atoms with E-state index in [1.807, 2.05) is 0 Å². The van der Waals surface area contributed by atoms with E-state index < -0.39 is 17.2 Å². The third kappa shape index (κ3) is 2.65. The highest BCUT2D eigenvalue weighted by Crippen LogP contribution is 2.15. The number of hydrogen-bond donors (Lipinski definition) is 2. The van der Waals surface area contributed by atoms with Gasteiger partial charge in [0.2, 0.25) is 0 Å². The van der Waals surface area contributed by atoms with Crippen molar-refractivity contribution in [2.75, 3.05) is 7.05 Å². The second kappa shape index (κ2) is 5.23. The van der Waals surface area contributed by atoms with E-state index in [-0.39, 0.29) is 5.69 Å². The highest BCUT2D eigenvalue weighted by molar-refractivity contribution is 9.10. The summed E-state index contributed by atoms with van der Waals surface area (Å²) in [4.78, 5) is 23.3. The van der Waals surface area contributed by atoms with Crippen LogP contribution in [0.25, 0.3) is 5.69 Å². The van der Waals surface area contributed by atoms with E-state index in [4.69, 9.17) is 0 Å². The Labute approximate surface area is 116 Å². The van der Waals surface area contributed by atoms with Gasteiger partial charge in [-0.15, -0.1) is 0 Å². The molecule has 2 N–H and O–H groups in total. The molecule has 0 saturated carbocycles. The molecule has 19 heavy (non-hydrogen) atoms. The van der Waals surface area contributed by atoms with Crippen LogP contribution in [-0.2, 0) is 0 Å². The van der Waals surface area contributed by atoms with Gasteiger partial charge in [-0.3, -0.25) is 9.59 Å². The monoisotopic (exact) mass is 323 g/mol. The Morgan fingerprint density at radius 3 is 2.58 bits per heavy atom. The molecule has 1 heterocycles. The van der Waals surface area contributed by atoms with Gasteiger partial charge < -0.3 is 10.4 Å². The van der Waals surface area contributed by atoms with Crippen LogP contribution in [0.15, 0.2) is 39.6 Å². The van der Waals surface area contributed by atoms with Crippen LogP contribution in [0.4, 0.5) is 0 Å². The first-order chi connectivity index (χ1) is 9.02. The van der Waals surface area contributed by atoms with Crippen LogP contribution in [0.1, 0.15) is 10.5 Å². The molecule has 2 rings (SSSR count). The molecule has 1 aromatic heterocycles. The lowest BCUT2D eigenvalue weighted by molar-refractivity contribution is 0.0953. The Hall–Kier alpha value is -2.15. The zero-order valence-electron chi connectivity index (χ0n) is 9.92. The van der Waals surface area contributed by atoms with Crippen LogP contribution in [0.2, 0.25) is 0 Å². The van der Waals surface area contributed by atoms with Crippen LogP contribution in [0.3, 0.4) is 0 Å².